The molecule has 100 valence electrons. The fraction of sp³-hybridized carbons (Fsp3) is 0.357. The van der Waals surface area contributed by atoms with E-state index in [1.54, 1.807) is 6.07 Å². The predicted molar refractivity (Wildman–Crippen MR) is 80.8 cm³/mol. The summed E-state index contributed by atoms with van der Waals surface area (Å²) >= 11 is 2.17. The second-order valence-corrected chi connectivity index (χ2v) is 5.51. The van der Waals surface area contributed by atoms with Crippen molar-refractivity contribution in [2.45, 2.75) is 31.9 Å². The third kappa shape index (κ3) is 2.62. The summed E-state index contributed by atoms with van der Waals surface area (Å²) in [7, 11) is 0. The summed E-state index contributed by atoms with van der Waals surface area (Å²) in [6.07, 6.45) is 2.32. The van der Waals surface area contributed by atoms with Crippen molar-refractivity contribution in [2.75, 3.05) is 0 Å². The Hall–Kier alpha value is -1.08. The van der Waals surface area contributed by atoms with Crippen LogP contribution in [0.25, 0.3) is 11.0 Å². The minimum Gasteiger partial charge on any atom is -0.490 e. The Bertz CT molecular complexity index is 616. The zero-order valence-corrected chi connectivity index (χ0v) is 12.6. The van der Waals surface area contributed by atoms with Gasteiger partial charge in [0, 0.05) is 60.1 Å². The molecule has 1 aromatic carbocycles. The van der Waals surface area contributed by atoms with Gasteiger partial charge in [0.1, 0.15) is 17.4 Å². The number of furan rings is 1. The van der Waals surface area contributed by atoms with Gasteiger partial charge in [-0.1, -0.05) is 0 Å². The molecule has 1 N–H and O–H groups in total. The minimum atomic E-state index is -0.0615. The number of nitrogens with one attached hydrogen (secondary N) is 1. The summed E-state index contributed by atoms with van der Waals surface area (Å²) in [5.74, 6) is 1.13. The number of fused-ring (bicyclic) bond motifs is 1. The van der Waals surface area contributed by atoms with Crippen LogP contribution in [-0.2, 0) is 0 Å². The second-order valence-electron chi connectivity index (χ2n) is 4.88. The molecule has 5 heteroatoms. The molecule has 0 atom stereocenters. The van der Waals surface area contributed by atoms with Crippen molar-refractivity contribution in [3.63, 3.8) is 0 Å². The van der Waals surface area contributed by atoms with Gasteiger partial charge >= 0.3 is 0 Å². The number of halogens is 1. The van der Waals surface area contributed by atoms with E-state index in [1.807, 2.05) is 18.2 Å². The molecule has 1 fully saturated rings. The summed E-state index contributed by atoms with van der Waals surface area (Å²) in [5.41, 5.74) is 0.700. The molecule has 4 nitrogen and oxygen atoms in total. The Morgan fingerprint density at radius 3 is 2.89 bits per heavy atom. The van der Waals surface area contributed by atoms with Crippen LogP contribution < -0.4 is 8.27 Å². The van der Waals surface area contributed by atoms with Crippen LogP contribution in [0.2, 0.25) is 0 Å². The highest BCUT2D eigenvalue weighted by Gasteiger charge is 2.30. The van der Waals surface area contributed by atoms with Gasteiger partial charge in [0.15, 0.2) is 11.5 Å². The lowest BCUT2D eigenvalue weighted by atomic mass is 9.90. The zero-order valence-electron chi connectivity index (χ0n) is 10.5. The van der Waals surface area contributed by atoms with E-state index in [9.17, 15) is 4.79 Å². The van der Waals surface area contributed by atoms with E-state index in [0.717, 1.165) is 24.0 Å². The van der Waals surface area contributed by atoms with Crippen LogP contribution in [0.5, 0.6) is 5.75 Å². The van der Waals surface area contributed by atoms with Crippen LogP contribution in [0, 0.1) is 0 Å². The molecule has 3 rings (SSSR count). The number of Topliss-reactive ketones (excluding diaryl/α,β-unsaturated/α-hetero) is 1. The fourth-order valence-electron chi connectivity index (χ4n) is 2.20. The molecule has 1 aliphatic rings. The van der Waals surface area contributed by atoms with E-state index in [2.05, 4.69) is 26.4 Å². The number of rotatable bonds is 4. The highest BCUT2D eigenvalue weighted by Crippen LogP contribution is 2.29. The number of carbonyl (C=O) groups is 1. The average Bonchev–Trinajstić information content (AvgIpc) is 2.76. The van der Waals surface area contributed by atoms with E-state index in [-0.39, 0.29) is 11.9 Å². The maximum Gasteiger partial charge on any atom is 0.194 e. The SMILES string of the molecule is CC(=O)c1cc2ccc(OC3CC(NI)C3)cc2o1. The number of carbonyl (C=O) groups excluding carboxylic acids is 1. The topological polar surface area (TPSA) is 51.5 Å². The Balaban J connectivity index is 1.76. The van der Waals surface area contributed by atoms with Gasteiger partial charge in [-0.2, -0.15) is 0 Å². The first-order valence-electron chi connectivity index (χ1n) is 6.23. The molecule has 1 aromatic heterocycles. The largest absolute Gasteiger partial charge is 0.490 e. The van der Waals surface area contributed by atoms with Gasteiger partial charge in [0.2, 0.25) is 0 Å². The first kappa shape index (κ1) is 12.9. The van der Waals surface area contributed by atoms with Crippen LogP contribution in [-0.4, -0.2) is 17.9 Å². The molecule has 0 unspecified atom stereocenters. The van der Waals surface area contributed by atoms with Crippen molar-refractivity contribution < 1.29 is 13.9 Å². The normalized spacial score (nSPS) is 22.2. The molecule has 1 saturated carbocycles. The van der Waals surface area contributed by atoms with Gasteiger partial charge < -0.3 is 9.15 Å². The smallest absolute Gasteiger partial charge is 0.194 e. The highest BCUT2D eigenvalue weighted by molar-refractivity contribution is 14.1. The van der Waals surface area contributed by atoms with Crippen molar-refractivity contribution >= 4 is 39.6 Å². The number of hydrogen-bond acceptors (Lipinski definition) is 4. The lowest BCUT2D eigenvalue weighted by Crippen LogP contribution is -2.43. The Morgan fingerprint density at radius 1 is 1.42 bits per heavy atom. The van der Waals surface area contributed by atoms with Crippen molar-refractivity contribution in [1.82, 2.24) is 3.53 Å². The molecular weight excluding hydrogens is 357 g/mol. The molecule has 0 radical (unpaired) electrons. The lowest BCUT2D eigenvalue weighted by molar-refractivity contribution is 0.0969. The number of benzene rings is 1. The van der Waals surface area contributed by atoms with Crippen LogP contribution in [0.3, 0.4) is 0 Å². The first-order valence-corrected chi connectivity index (χ1v) is 7.31. The molecule has 1 aliphatic carbocycles. The number of ketones is 1. The van der Waals surface area contributed by atoms with E-state index in [0.29, 0.717) is 17.4 Å². The van der Waals surface area contributed by atoms with Gasteiger partial charge in [-0.15, -0.1) is 0 Å². The summed E-state index contributed by atoms with van der Waals surface area (Å²) in [6.45, 7) is 1.50. The summed E-state index contributed by atoms with van der Waals surface area (Å²) < 4.78 is 14.6. The highest BCUT2D eigenvalue weighted by atomic mass is 127. The van der Waals surface area contributed by atoms with Gasteiger partial charge in [-0.25, -0.2) is 0 Å². The summed E-state index contributed by atoms with van der Waals surface area (Å²) in [5, 5.41) is 0.929. The average molecular weight is 371 g/mol. The molecule has 0 spiro atoms. The second kappa shape index (κ2) is 5.13. The number of hydrogen-bond donors (Lipinski definition) is 1. The van der Waals surface area contributed by atoms with Crippen molar-refractivity contribution in [3.8, 4) is 5.75 Å². The van der Waals surface area contributed by atoms with Crippen molar-refractivity contribution in [1.29, 1.82) is 0 Å². The van der Waals surface area contributed by atoms with Crippen LogP contribution >= 0.6 is 22.9 Å². The fourth-order valence-corrected chi connectivity index (χ4v) is 2.71. The van der Waals surface area contributed by atoms with E-state index >= 15 is 0 Å². The van der Waals surface area contributed by atoms with Crippen molar-refractivity contribution in [2.24, 2.45) is 0 Å². The molecule has 0 bridgehead atoms. The van der Waals surface area contributed by atoms with Crippen LogP contribution in [0.4, 0.5) is 0 Å². The zero-order chi connectivity index (χ0) is 13.4. The molecular formula is C14H14INO3. The third-order valence-corrected chi connectivity index (χ3v) is 4.27. The summed E-state index contributed by atoms with van der Waals surface area (Å²) in [6, 6.07) is 8.02. The Kier molecular flexibility index (Phi) is 3.49. The lowest BCUT2D eigenvalue weighted by Gasteiger charge is -2.34. The maximum absolute atomic E-state index is 11.3. The molecule has 1 heterocycles. The molecule has 0 amide bonds. The Morgan fingerprint density at radius 2 is 2.21 bits per heavy atom. The predicted octanol–water partition coefficient (Wildman–Crippen LogP) is 3.48. The molecule has 19 heavy (non-hydrogen) atoms. The minimum absolute atomic E-state index is 0.0615. The van der Waals surface area contributed by atoms with Gasteiger partial charge in [-0.3, -0.25) is 8.32 Å². The van der Waals surface area contributed by atoms with Gasteiger partial charge in [0.25, 0.3) is 0 Å². The van der Waals surface area contributed by atoms with Crippen LogP contribution in [0.15, 0.2) is 28.7 Å². The molecule has 0 saturated heterocycles. The summed E-state index contributed by atoms with van der Waals surface area (Å²) in [4.78, 5) is 11.3. The van der Waals surface area contributed by atoms with E-state index in [4.69, 9.17) is 9.15 Å². The van der Waals surface area contributed by atoms with E-state index < -0.39 is 0 Å². The Labute approximate surface area is 125 Å². The van der Waals surface area contributed by atoms with Gasteiger partial charge in [-0.05, 0) is 18.2 Å². The monoisotopic (exact) mass is 371 g/mol. The standard InChI is InChI=1S/C14H14INO3/c1-8(17)13-4-9-2-3-11(7-14(9)19-13)18-12-5-10(6-12)16-15/h2-4,7,10,12,16H,5-6H2,1H3. The number of ether oxygens (including phenoxy) is 1. The van der Waals surface area contributed by atoms with Gasteiger partial charge in [0.05, 0.1) is 0 Å². The molecule has 2 aromatic rings. The van der Waals surface area contributed by atoms with Crippen molar-refractivity contribution in [3.05, 3.63) is 30.0 Å². The van der Waals surface area contributed by atoms with Crippen LogP contribution in [0.1, 0.15) is 30.3 Å². The third-order valence-electron chi connectivity index (χ3n) is 3.39. The first-order chi connectivity index (χ1) is 9.15. The molecule has 0 aliphatic heterocycles. The van der Waals surface area contributed by atoms with E-state index in [1.165, 1.54) is 6.92 Å². The quantitative estimate of drug-likeness (QED) is 0.508. The maximum atomic E-state index is 11.3.